The Morgan fingerprint density at radius 2 is 1.36 bits per heavy atom. The van der Waals surface area contributed by atoms with Crippen molar-refractivity contribution in [2.75, 3.05) is 25.4 Å². The highest BCUT2D eigenvalue weighted by Crippen LogP contribution is 2.28. The zero-order valence-electron chi connectivity index (χ0n) is 23.7. The van der Waals surface area contributed by atoms with Gasteiger partial charge in [0.1, 0.15) is 18.6 Å². The molecule has 2 N–H and O–H groups in total. The van der Waals surface area contributed by atoms with E-state index in [1.807, 2.05) is 59.2 Å². The number of nitrogen functional groups attached to an aromatic ring is 1. The van der Waals surface area contributed by atoms with Crippen LogP contribution in [0.3, 0.4) is 0 Å². The topological polar surface area (TPSA) is 87.7 Å². The fraction of sp³-hybridized carbons (Fsp3) is 0.294. The van der Waals surface area contributed by atoms with Gasteiger partial charge in [0.15, 0.2) is 5.82 Å². The second-order valence-corrected chi connectivity index (χ2v) is 10.8. The number of hydrogen-bond acceptors (Lipinski definition) is 7. The second-order valence-electron chi connectivity index (χ2n) is 10.8. The van der Waals surface area contributed by atoms with Gasteiger partial charge in [-0.3, -0.25) is 4.90 Å². The maximum atomic E-state index is 6.49. The van der Waals surface area contributed by atoms with Crippen molar-refractivity contribution < 1.29 is 14.2 Å². The van der Waals surface area contributed by atoms with E-state index in [1.54, 1.807) is 0 Å². The third-order valence-electron chi connectivity index (χ3n) is 7.70. The summed E-state index contributed by atoms with van der Waals surface area (Å²) < 4.78 is 20.7. The van der Waals surface area contributed by atoms with Crippen LogP contribution in [-0.4, -0.2) is 45.2 Å². The molecule has 3 aromatic carbocycles. The van der Waals surface area contributed by atoms with Gasteiger partial charge in [-0.15, -0.1) is 0 Å². The van der Waals surface area contributed by atoms with Crippen LogP contribution in [0.4, 0.5) is 5.82 Å². The average Bonchev–Trinajstić information content (AvgIpc) is 3.58. The van der Waals surface area contributed by atoms with Crippen LogP contribution < -0.4 is 5.73 Å². The minimum Gasteiger partial charge on any atom is -0.382 e. The van der Waals surface area contributed by atoms with Gasteiger partial charge in [-0.1, -0.05) is 91.0 Å². The molecule has 5 aromatic rings. The fourth-order valence-electron chi connectivity index (χ4n) is 5.60. The number of benzene rings is 3. The molecular weight excluding hydrogens is 526 g/mol. The first-order chi connectivity index (χ1) is 20.7. The van der Waals surface area contributed by atoms with Crippen molar-refractivity contribution in [3.05, 3.63) is 126 Å². The molecule has 0 aliphatic carbocycles. The van der Waals surface area contributed by atoms with Crippen LogP contribution in [0.5, 0.6) is 0 Å². The van der Waals surface area contributed by atoms with Crippen LogP contribution in [0.25, 0.3) is 11.0 Å². The van der Waals surface area contributed by atoms with Crippen LogP contribution in [0.2, 0.25) is 0 Å². The van der Waals surface area contributed by atoms with Gasteiger partial charge in [-0.25, -0.2) is 9.97 Å². The summed E-state index contributed by atoms with van der Waals surface area (Å²) in [6.45, 7) is 5.08. The van der Waals surface area contributed by atoms with Crippen LogP contribution in [-0.2, 0) is 47.3 Å². The van der Waals surface area contributed by atoms with E-state index in [9.17, 15) is 0 Å². The molecule has 1 fully saturated rings. The standard InChI is InChI=1S/C34H37N5O3/c35-34-33-32(36-24-37-34)29(18-39(33)25-41-21-27-12-6-2-7-13-27)16-38-17-30(23-40-20-26-10-4-1-5-11-26)31(19-38)42-22-28-14-8-3-9-15-28/h1-15,18,24,30-31H,16-17,19-23,25H2,(H2,35,36,37)/t30-,31?/m1/s1. The van der Waals surface area contributed by atoms with Crippen molar-refractivity contribution in [3.8, 4) is 0 Å². The predicted molar refractivity (Wildman–Crippen MR) is 163 cm³/mol. The summed E-state index contributed by atoms with van der Waals surface area (Å²) in [5.74, 6) is 0.701. The molecule has 1 unspecified atom stereocenters. The molecule has 2 atom stereocenters. The van der Waals surface area contributed by atoms with Crippen molar-refractivity contribution in [2.45, 2.75) is 39.2 Å². The van der Waals surface area contributed by atoms with Gasteiger partial charge in [0.25, 0.3) is 0 Å². The molecular formula is C34H37N5O3. The van der Waals surface area contributed by atoms with Crippen LogP contribution in [0.15, 0.2) is 104 Å². The van der Waals surface area contributed by atoms with Crippen molar-refractivity contribution in [3.63, 3.8) is 0 Å². The molecule has 2 aromatic heterocycles. The molecule has 216 valence electrons. The maximum absolute atomic E-state index is 6.49. The molecule has 1 saturated heterocycles. The number of aromatic nitrogens is 3. The molecule has 6 rings (SSSR count). The molecule has 8 heteroatoms. The number of rotatable bonds is 13. The first-order valence-electron chi connectivity index (χ1n) is 14.4. The number of hydrogen-bond donors (Lipinski definition) is 1. The van der Waals surface area contributed by atoms with E-state index in [0.29, 0.717) is 39.0 Å². The van der Waals surface area contributed by atoms with Gasteiger partial charge in [0, 0.05) is 37.3 Å². The fourth-order valence-corrected chi connectivity index (χ4v) is 5.60. The Morgan fingerprint density at radius 1 is 0.738 bits per heavy atom. The molecule has 42 heavy (non-hydrogen) atoms. The van der Waals surface area contributed by atoms with E-state index >= 15 is 0 Å². The van der Waals surface area contributed by atoms with E-state index in [1.165, 1.54) is 17.5 Å². The molecule has 0 spiro atoms. The number of ether oxygens (including phenoxy) is 3. The lowest BCUT2D eigenvalue weighted by Gasteiger charge is -2.19. The molecule has 3 heterocycles. The first-order valence-corrected chi connectivity index (χ1v) is 14.4. The number of nitrogens with two attached hydrogens (primary N) is 1. The van der Waals surface area contributed by atoms with Crippen molar-refractivity contribution in [1.82, 2.24) is 19.4 Å². The van der Waals surface area contributed by atoms with Crippen LogP contribution >= 0.6 is 0 Å². The third kappa shape index (κ3) is 7.03. The van der Waals surface area contributed by atoms with E-state index in [4.69, 9.17) is 19.9 Å². The summed E-state index contributed by atoms with van der Waals surface area (Å²) in [7, 11) is 0. The Hall–Kier alpha value is -4.08. The number of anilines is 1. The lowest BCUT2D eigenvalue weighted by molar-refractivity contribution is -0.0107. The third-order valence-corrected chi connectivity index (χ3v) is 7.70. The Balaban J connectivity index is 1.14. The Labute approximate surface area is 246 Å². The van der Waals surface area contributed by atoms with Crippen LogP contribution in [0.1, 0.15) is 22.3 Å². The van der Waals surface area contributed by atoms with Crippen molar-refractivity contribution >= 4 is 16.9 Å². The zero-order chi connectivity index (χ0) is 28.6. The van der Waals surface area contributed by atoms with Gasteiger partial charge >= 0.3 is 0 Å². The van der Waals surface area contributed by atoms with E-state index < -0.39 is 0 Å². The summed E-state index contributed by atoms with van der Waals surface area (Å²) >= 11 is 0. The monoisotopic (exact) mass is 563 g/mol. The molecule has 8 nitrogen and oxygen atoms in total. The molecule has 1 aliphatic heterocycles. The summed E-state index contributed by atoms with van der Waals surface area (Å²) in [5.41, 5.74) is 12.6. The van der Waals surface area contributed by atoms with Gasteiger partial charge in [-0.05, 0) is 16.7 Å². The highest BCUT2D eigenvalue weighted by molar-refractivity contribution is 5.87. The number of nitrogens with zero attached hydrogens (tertiary/aromatic N) is 4. The average molecular weight is 564 g/mol. The van der Waals surface area contributed by atoms with Gasteiger partial charge in [-0.2, -0.15) is 0 Å². The normalized spacial score (nSPS) is 17.2. The predicted octanol–water partition coefficient (Wildman–Crippen LogP) is 5.42. The highest BCUT2D eigenvalue weighted by Gasteiger charge is 2.34. The number of likely N-dealkylation sites (tertiary alicyclic amines) is 1. The SMILES string of the molecule is Nc1ncnc2c(CN3CC(OCc4ccccc4)[C@@H](COCc4ccccc4)C3)cn(COCc3ccccc3)c12. The number of fused-ring (bicyclic) bond motifs is 1. The van der Waals surface area contributed by atoms with E-state index in [0.717, 1.165) is 41.8 Å². The quantitative estimate of drug-likeness (QED) is 0.205. The molecule has 0 amide bonds. The Morgan fingerprint density at radius 3 is 2.02 bits per heavy atom. The van der Waals surface area contributed by atoms with Crippen molar-refractivity contribution in [2.24, 2.45) is 5.92 Å². The Kier molecular flexibility index (Phi) is 9.17. The van der Waals surface area contributed by atoms with E-state index in [-0.39, 0.29) is 12.0 Å². The zero-order valence-corrected chi connectivity index (χ0v) is 23.7. The van der Waals surface area contributed by atoms with E-state index in [2.05, 4.69) is 57.5 Å². The van der Waals surface area contributed by atoms with Crippen molar-refractivity contribution in [1.29, 1.82) is 0 Å². The van der Waals surface area contributed by atoms with Gasteiger partial charge in [0.05, 0.1) is 38.0 Å². The largest absolute Gasteiger partial charge is 0.382 e. The lowest BCUT2D eigenvalue weighted by atomic mass is 10.1. The first kappa shape index (κ1) is 28.1. The minimum absolute atomic E-state index is 0.0585. The minimum atomic E-state index is 0.0585. The summed E-state index contributed by atoms with van der Waals surface area (Å²) in [5, 5.41) is 0. The molecule has 0 bridgehead atoms. The highest BCUT2D eigenvalue weighted by atomic mass is 16.5. The van der Waals surface area contributed by atoms with Crippen LogP contribution in [0, 0.1) is 5.92 Å². The molecule has 0 radical (unpaired) electrons. The second kappa shape index (κ2) is 13.7. The Bertz CT molecular complexity index is 1550. The van der Waals surface area contributed by atoms with Gasteiger partial charge in [0.2, 0.25) is 0 Å². The molecule has 0 saturated carbocycles. The lowest BCUT2D eigenvalue weighted by Crippen LogP contribution is -2.26. The summed E-state index contributed by atoms with van der Waals surface area (Å²) in [4.78, 5) is 11.3. The smallest absolute Gasteiger partial charge is 0.151 e. The summed E-state index contributed by atoms with van der Waals surface area (Å²) in [6, 6.07) is 30.8. The maximum Gasteiger partial charge on any atom is 0.151 e. The molecule has 1 aliphatic rings. The van der Waals surface area contributed by atoms with Gasteiger partial charge < -0.3 is 24.5 Å². The summed E-state index contributed by atoms with van der Waals surface area (Å²) in [6.07, 6.45) is 3.69.